The van der Waals surface area contributed by atoms with Crippen LogP contribution in [-0.4, -0.2) is 0 Å². The molecule has 0 heterocycles. The first-order valence-electron chi connectivity index (χ1n) is 6.09. The fourth-order valence-corrected chi connectivity index (χ4v) is 3.91. The molecule has 0 spiro atoms. The summed E-state index contributed by atoms with van der Waals surface area (Å²) in [6.45, 7) is 8.23. The molecule has 1 unspecified atom stereocenters. The van der Waals surface area contributed by atoms with Crippen LogP contribution in [0.5, 0.6) is 0 Å². The third-order valence-corrected chi connectivity index (χ3v) is 5.31. The van der Waals surface area contributed by atoms with Gasteiger partial charge in [0.1, 0.15) is 0 Å². The van der Waals surface area contributed by atoms with Gasteiger partial charge in [0.15, 0.2) is 0 Å². The van der Waals surface area contributed by atoms with Crippen molar-refractivity contribution in [2.45, 2.75) is 13.8 Å². The highest BCUT2D eigenvalue weighted by Crippen LogP contribution is 2.54. The molecule has 5 radical (unpaired) electrons. The summed E-state index contributed by atoms with van der Waals surface area (Å²) in [7, 11) is -0.409. The Morgan fingerprint density at radius 2 is 1.67 bits per heavy atom. The summed E-state index contributed by atoms with van der Waals surface area (Å²) in [6, 6.07) is 10.7. The third kappa shape index (κ3) is 3.33. The summed E-state index contributed by atoms with van der Waals surface area (Å²) in [5, 5.41) is 1.39. The van der Waals surface area contributed by atoms with Crippen molar-refractivity contribution in [2.24, 2.45) is 0 Å². The maximum Gasteiger partial charge on any atom is 0.0156 e. The highest BCUT2D eigenvalue weighted by Gasteiger charge is 2.26. The molecule has 91 valence electrons. The third-order valence-electron chi connectivity index (χ3n) is 2.95. The van der Waals surface area contributed by atoms with Gasteiger partial charge >= 0.3 is 0 Å². The van der Waals surface area contributed by atoms with Crippen LogP contribution in [0.25, 0.3) is 0 Å². The number of allylic oxidation sites excluding steroid dienone is 2. The van der Waals surface area contributed by atoms with Gasteiger partial charge in [-0.3, -0.25) is 0 Å². The summed E-state index contributed by atoms with van der Waals surface area (Å²) in [5.41, 5.74) is 3.83. The predicted molar refractivity (Wildman–Crippen MR) is 82.0 cm³/mol. The van der Waals surface area contributed by atoms with E-state index in [1.165, 1.54) is 16.5 Å². The minimum absolute atomic E-state index is 0.409. The molecule has 1 aromatic rings. The maximum absolute atomic E-state index is 4.03. The van der Waals surface area contributed by atoms with Crippen molar-refractivity contribution in [3.63, 3.8) is 0 Å². The van der Waals surface area contributed by atoms with Crippen LogP contribution < -0.4 is 5.30 Å². The van der Waals surface area contributed by atoms with Crippen LogP contribution in [-0.2, 0) is 0 Å². The molecular weight excluding hydrogens is 235 g/mol. The minimum atomic E-state index is -0.409. The Labute approximate surface area is 113 Å². The summed E-state index contributed by atoms with van der Waals surface area (Å²) < 4.78 is 0. The van der Waals surface area contributed by atoms with Crippen LogP contribution in [0.2, 0.25) is 0 Å². The van der Waals surface area contributed by atoms with Gasteiger partial charge in [-0.25, -0.2) is 0 Å². The van der Waals surface area contributed by atoms with E-state index in [1.54, 1.807) is 0 Å². The van der Waals surface area contributed by atoms with E-state index in [1.807, 2.05) is 0 Å². The van der Waals surface area contributed by atoms with Crippen molar-refractivity contribution in [3.05, 3.63) is 85.2 Å². The molecule has 18 heavy (non-hydrogen) atoms. The molecule has 0 aromatic heterocycles. The van der Waals surface area contributed by atoms with Crippen LogP contribution in [0.15, 0.2) is 53.9 Å². The van der Waals surface area contributed by atoms with E-state index in [0.29, 0.717) is 0 Å². The second-order valence-electron chi connectivity index (χ2n) is 4.44. The van der Waals surface area contributed by atoms with E-state index in [4.69, 9.17) is 0 Å². The Morgan fingerprint density at radius 3 is 2.22 bits per heavy atom. The molecule has 0 bridgehead atoms. The monoisotopic (exact) mass is 253 g/mol. The van der Waals surface area contributed by atoms with E-state index < -0.39 is 7.92 Å². The van der Waals surface area contributed by atoms with Crippen molar-refractivity contribution in [2.75, 3.05) is 0 Å². The van der Waals surface area contributed by atoms with E-state index >= 15 is 0 Å². The Kier molecular flexibility index (Phi) is 4.78. The summed E-state index contributed by atoms with van der Waals surface area (Å²) >= 11 is 0. The predicted octanol–water partition coefficient (Wildman–Crippen LogP) is 4.64. The van der Waals surface area contributed by atoms with Crippen LogP contribution in [0.3, 0.4) is 0 Å². The Bertz CT molecular complexity index is 424. The van der Waals surface area contributed by atoms with Crippen LogP contribution in [0.4, 0.5) is 0 Å². The van der Waals surface area contributed by atoms with Crippen molar-refractivity contribution >= 4 is 13.2 Å². The lowest BCUT2D eigenvalue weighted by Gasteiger charge is -2.21. The first-order valence-corrected chi connectivity index (χ1v) is 7.50. The largest absolute Gasteiger partial charge is 0.0958 e. The Morgan fingerprint density at radius 1 is 1.06 bits per heavy atom. The lowest BCUT2D eigenvalue weighted by atomic mass is 10.2. The average Bonchev–Trinajstić information content (AvgIpc) is 2.90. The number of hydrogen-bond acceptors (Lipinski definition) is 0. The molecular formula is C17H18P. The molecule has 1 aliphatic carbocycles. The SMILES string of the molecule is C=C(C)/C(C)=C/P([C]1[CH][CH][CH][CH]1)c1ccccc1. The van der Waals surface area contributed by atoms with E-state index in [-0.39, 0.29) is 0 Å². The van der Waals surface area contributed by atoms with Gasteiger partial charge in [0, 0.05) is 5.66 Å². The Balaban J connectivity index is 2.28. The smallest absolute Gasteiger partial charge is 0.0156 e. The number of benzene rings is 1. The number of rotatable bonds is 4. The molecule has 0 N–H and O–H groups in total. The van der Waals surface area contributed by atoms with Crippen molar-refractivity contribution < 1.29 is 0 Å². The van der Waals surface area contributed by atoms with Gasteiger partial charge in [0.05, 0.1) is 0 Å². The second kappa shape index (κ2) is 6.34. The lowest BCUT2D eigenvalue weighted by Crippen LogP contribution is -2.04. The topological polar surface area (TPSA) is 0 Å². The maximum atomic E-state index is 4.03. The molecule has 1 fully saturated rings. The van der Waals surface area contributed by atoms with Crippen molar-refractivity contribution in [1.82, 2.24) is 0 Å². The normalized spacial score (nSPS) is 18.9. The molecule has 1 aliphatic rings. The highest BCUT2D eigenvalue weighted by molar-refractivity contribution is 7.72. The van der Waals surface area contributed by atoms with E-state index in [2.05, 4.69) is 82.3 Å². The molecule has 1 atom stereocenters. The van der Waals surface area contributed by atoms with Gasteiger partial charge in [-0.1, -0.05) is 48.3 Å². The fourth-order valence-electron chi connectivity index (χ4n) is 1.72. The molecule has 0 amide bonds. The van der Waals surface area contributed by atoms with Gasteiger partial charge in [-0.05, 0) is 58.3 Å². The molecule has 0 saturated heterocycles. The lowest BCUT2D eigenvalue weighted by molar-refractivity contribution is 1.37. The fraction of sp³-hybridized carbons (Fsp3) is 0.118. The molecule has 1 aromatic carbocycles. The average molecular weight is 253 g/mol. The molecule has 1 saturated carbocycles. The van der Waals surface area contributed by atoms with Gasteiger partial charge < -0.3 is 0 Å². The van der Waals surface area contributed by atoms with Gasteiger partial charge in [0.2, 0.25) is 0 Å². The zero-order valence-electron chi connectivity index (χ0n) is 10.9. The highest BCUT2D eigenvalue weighted by atomic mass is 31.1. The van der Waals surface area contributed by atoms with Crippen molar-refractivity contribution in [3.8, 4) is 0 Å². The number of hydrogen-bond donors (Lipinski definition) is 0. The second-order valence-corrected chi connectivity index (χ2v) is 6.47. The molecule has 0 nitrogen and oxygen atoms in total. The standard InChI is InChI=1S/C17H18P/c1-14(2)15(3)13-18(17-11-7-8-12-17)16-9-5-4-6-10-16/h4-13H,1H2,2-3H3/b15-13+. The summed E-state index contributed by atoms with van der Waals surface area (Å²) in [4.78, 5) is 0. The van der Waals surface area contributed by atoms with Gasteiger partial charge in [-0.2, -0.15) is 0 Å². The zero-order chi connectivity index (χ0) is 13.0. The van der Waals surface area contributed by atoms with Gasteiger partial charge in [-0.15, -0.1) is 0 Å². The van der Waals surface area contributed by atoms with Gasteiger partial charge in [0.25, 0.3) is 0 Å². The van der Waals surface area contributed by atoms with Crippen LogP contribution in [0.1, 0.15) is 13.8 Å². The first kappa shape index (κ1) is 13.6. The molecule has 1 heteroatoms. The zero-order valence-corrected chi connectivity index (χ0v) is 11.8. The minimum Gasteiger partial charge on any atom is -0.0958 e. The summed E-state index contributed by atoms with van der Waals surface area (Å²) in [5.74, 6) is 2.36. The molecule has 0 aliphatic heterocycles. The summed E-state index contributed by atoms with van der Waals surface area (Å²) in [6.07, 6.45) is 8.64. The molecule has 2 rings (SSSR count). The van der Waals surface area contributed by atoms with Crippen molar-refractivity contribution in [1.29, 1.82) is 0 Å². The van der Waals surface area contributed by atoms with E-state index in [9.17, 15) is 0 Å². The Hall–Kier alpha value is -0.870. The quantitative estimate of drug-likeness (QED) is 0.542. The van der Waals surface area contributed by atoms with Crippen LogP contribution in [0, 0.1) is 31.3 Å². The van der Waals surface area contributed by atoms with E-state index in [0.717, 1.165) is 5.57 Å². The first-order chi connectivity index (χ1) is 8.68. The van der Waals surface area contributed by atoms with Crippen LogP contribution >= 0.6 is 7.92 Å².